The molecule has 80 valence electrons. The van der Waals surface area contributed by atoms with Crippen LogP contribution in [-0.4, -0.2) is 49.7 Å². The molecule has 4 heteroatoms. The SMILES string of the molecule is CC1COC(=O)CN1CC1CCNC1. The van der Waals surface area contributed by atoms with Gasteiger partial charge in [-0.3, -0.25) is 9.69 Å². The highest BCUT2D eigenvalue weighted by molar-refractivity contribution is 5.72. The molecule has 0 bridgehead atoms. The Morgan fingerprint density at radius 1 is 1.64 bits per heavy atom. The first-order chi connectivity index (χ1) is 6.75. The lowest BCUT2D eigenvalue weighted by Crippen LogP contribution is -2.48. The van der Waals surface area contributed by atoms with Gasteiger partial charge in [-0.15, -0.1) is 0 Å². The van der Waals surface area contributed by atoms with Gasteiger partial charge in [-0.05, 0) is 32.4 Å². The van der Waals surface area contributed by atoms with Crippen molar-refractivity contribution in [1.82, 2.24) is 10.2 Å². The number of hydrogen-bond acceptors (Lipinski definition) is 4. The van der Waals surface area contributed by atoms with Crippen molar-refractivity contribution in [3.05, 3.63) is 0 Å². The summed E-state index contributed by atoms with van der Waals surface area (Å²) in [7, 11) is 0. The Morgan fingerprint density at radius 3 is 3.21 bits per heavy atom. The average molecular weight is 198 g/mol. The maximum atomic E-state index is 11.1. The third-order valence-corrected chi connectivity index (χ3v) is 3.10. The second-order valence-corrected chi connectivity index (χ2v) is 4.32. The predicted octanol–water partition coefficient (Wildman–Crippen LogP) is -0.157. The number of rotatable bonds is 2. The summed E-state index contributed by atoms with van der Waals surface area (Å²) in [5, 5.41) is 3.35. The van der Waals surface area contributed by atoms with Gasteiger partial charge in [0.2, 0.25) is 0 Å². The summed E-state index contributed by atoms with van der Waals surface area (Å²) in [6.07, 6.45) is 1.23. The van der Waals surface area contributed by atoms with E-state index in [1.807, 2.05) is 0 Å². The standard InChI is InChI=1S/C10H18N2O2/c1-8-7-14-10(13)6-12(8)5-9-2-3-11-4-9/h8-9,11H,2-7H2,1H3. The van der Waals surface area contributed by atoms with Crippen molar-refractivity contribution in [2.75, 3.05) is 32.8 Å². The number of nitrogens with zero attached hydrogens (tertiary/aromatic N) is 1. The number of cyclic esters (lactones) is 1. The fraction of sp³-hybridized carbons (Fsp3) is 0.900. The lowest BCUT2D eigenvalue weighted by atomic mass is 10.1. The van der Waals surface area contributed by atoms with Gasteiger partial charge in [0.1, 0.15) is 6.61 Å². The molecule has 14 heavy (non-hydrogen) atoms. The number of ether oxygens (including phenoxy) is 1. The molecular weight excluding hydrogens is 180 g/mol. The van der Waals surface area contributed by atoms with Crippen molar-refractivity contribution in [2.24, 2.45) is 5.92 Å². The van der Waals surface area contributed by atoms with Crippen LogP contribution in [0.3, 0.4) is 0 Å². The van der Waals surface area contributed by atoms with Gasteiger partial charge in [0.05, 0.1) is 6.54 Å². The normalized spacial score (nSPS) is 34.5. The Kier molecular flexibility index (Phi) is 3.03. The minimum Gasteiger partial charge on any atom is -0.463 e. The van der Waals surface area contributed by atoms with Crippen LogP contribution in [0, 0.1) is 5.92 Å². The van der Waals surface area contributed by atoms with Crippen LogP contribution in [0.25, 0.3) is 0 Å². The van der Waals surface area contributed by atoms with E-state index in [4.69, 9.17) is 4.74 Å². The molecule has 0 aliphatic carbocycles. The van der Waals surface area contributed by atoms with Crippen LogP contribution < -0.4 is 5.32 Å². The predicted molar refractivity (Wildman–Crippen MR) is 53.0 cm³/mol. The van der Waals surface area contributed by atoms with Crippen LogP contribution in [0.15, 0.2) is 0 Å². The summed E-state index contributed by atoms with van der Waals surface area (Å²) in [6, 6.07) is 0.383. The lowest BCUT2D eigenvalue weighted by Gasteiger charge is -2.33. The third-order valence-electron chi connectivity index (χ3n) is 3.10. The highest BCUT2D eigenvalue weighted by Gasteiger charge is 2.27. The first kappa shape index (κ1) is 9.93. The number of morpholine rings is 1. The Labute approximate surface area is 84.6 Å². The molecule has 2 atom stereocenters. The van der Waals surface area contributed by atoms with Gasteiger partial charge in [0.15, 0.2) is 0 Å². The molecule has 0 aromatic heterocycles. The number of nitrogens with one attached hydrogen (secondary N) is 1. The minimum absolute atomic E-state index is 0.0749. The van der Waals surface area contributed by atoms with Gasteiger partial charge in [-0.2, -0.15) is 0 Å². The number of carbonyl (C=O) groups is 1. The molecule has 0 spiro atoms. The zero-order valence-corrected chi connectivity index (χ0v) is 8.66. The van der Waals surface area contributed by atoms with Crippen LogP contribution in [0.2, 0.25) is 0 Å². The first-order valence-electron chi connectivity index (χ1n) is 5.36. The van der Waals surface area contributed by atoms with Gasteiger partial charge in [-0.25, -0.2) is 0 Å². The highest BCUT2D eigenvalue weighted by Crippen LogP contribution is 2.14. The van der Waals surface area contributed by atoms with E-state index in [0.29, 0.717) is 25.1 Å². The smallest absolute Gasteiger partial charge is 0.320 e. The van der Waals surface area contributed by atoms with Gasteiger partial charge < -0.3 is 10.1 Å². The fourth-order valence-electron chi connectivity index (χ4n) is 2.13. The van der Waals surface area contributed by atoms with Crippen molar-refractivity contribution in [3.8, 4) is 0 Å². The molecule has 0 saturated carbocycles. The lowest BCUT2D eigenvalue weighted by molar-refractivity contribution is -0.154. The Morgan fingerprint density at radius 2 is 2.50 bits per heavy atom. The van der Waals surface area contributed by atoms with E-state index < -0.39 is 0 Å². The highest BCUT2D eigenvalue weighted by atomic mass is 16.5. The molecule has 0 amide bonds. The minimum atomic E-state index is -0.0749. The van der Waals surface area contributed by atoms with E-state index in [2.05, 4.69) is 17.1 Å². The molecule has 2 aliphatic rings. The molecule has 0 aromatic rings. The summed E-state index contributed by atoms with van der Waals surface area (Å²) in [5.41, 5.74) is 0. The monoisotopic (exact) mass is 198 g/mol. The molecule has 0 radical (unpaired) electrons. The molecule has 2 saturated heterocycles. The summed E-state index contributed by atoms with van der Waals surface area (Å²) in [6.45, 7) is 6.39. The van der Waals surface area contributed by atoms with Crippen molar-refractivity contribution in [1.29, 1.82) is 0 Å². The van der Waals surface area contributed by atoms with E-state index in [1.54, 1.807) is 0 Å². The van der Waals surface area contributed by atoms with E-state index in [-0.39, 0.29) is 5.97 Å². The van der Waals surface area contributed by atoms with Crippen molar-refractivity contribution in [2.45, 2.75) is 19.4 Å². The quantitative estimate of drug-likeness (QED) is 0.626. The maximum absolute atomic E-state index is 11.1. The van der Waals surface area contributed by atoms with Crippen molar-refractivity contribution < 1.29 is 9.53 Å². The fourth-order valence-corrected chi connectivity index (χ4v) is 2.13. The second-order valence-electron chi connectivity index (χ2n) is 4.32. The molecular formula is C10H18N2O2. The molecule has 2 aliphatic heterocycles. The van der Waals surface area contributed by atoms with Gasteiger partial charge in [0, 0.05) is 12.6 Å². The Balaban J connectivity index is 1.84. The van der Waals surface area contributed by atoms with E-state index in [1.165, 1.54) is 6.42 Å². The zero-order chi connectivity index (χ0) is 9.97. The molecule has 2 rings (SSSR count). The number of carbonyl (C=O) groups excluding carboxylic acids is 1. The summed E-state index contributed by atoms with van der Waals surface area (Å²) >= 11 is 0. The van der Waals surface area contributed by atoms with Crippen LogP contribution >= 0.6 is 0 Å². The van der Waals surface area contributed by atoms with E-state index in [0.717, 1.165) is 19.6 Å². The second kappa shape index (κ2) is 4.28. The molecule has 1 N–H and O–H groups in total. The topological polar surface area (TPSA) is 41.6 Å². The van der Waals surface area contributed by atoms with E-state index >= 15 is 0 Å². The summed E-state index contributed by atoms with van der Waals surface area (Å²) < 4.78 is 4.99. The maximum Gasteiger partial charge on any atom is 0.320 e. The summed E-state index contributed by atoms with van der Waals surface area (Å²) in [5.74, 6) is 0.636. The Bertz CT molecular complexity index is 214. The van der Waals surface area contributed by atoms with Gasteiger partial charge in [0.25, 0.3) is 0 Å². The molecule has 2 heterocycles. The molecule has 0 aromatic carbocycles. The number of hydrogen-bond donors (Lipinski definition) is 1. The van der Waals surface area contributed by atoms with Crippen molar-refractivity contribution in [3.63, 3.8) is 0 Å². The zero-order valence-electron chi connectivity index (χ0n) is 8.66. The van der Waals surface area contributed by atoms with Gasteiger partial charge >= 0.3 is 5.97 Å². The largest absolute Gasteiger partial charge is 0.463 e. The van der Waals surface area contributed by atoms with Gasteiger partial charge in [-0.1, -0.05) is 0 Å². The molecule has 2 unspecified atom stereocenters. The van der Waals surface area contributed by atoms with Crippen LogP contribution in [0.4, 0.5) is 0 Å². The van der Waals surface area contributed by atoms with Crippen LogP contribution in [-0.2, 0) is 9.53 Å². The van der Waals surface area contributed by atoms with Crippen LogP contribution in [0.1, 0.15) is 13.3 Å². The average Bonchev–Trinajstić information content (AvgIpc) is 2.64. The summed E-state index contributed by atoms with van der Waals surface area (Å²) in [4.78, 5) is 13.4. The molecule has 4 nitrogen and oxygen atoms in total. The van der Waals surface area contributed by atoms with E-state index in [9.17, 15) is 4.79 Å². The van der Waals surface area contributed by atoms with Crippen LogP contribution in [0.5, 0.6) is 0 Å². The molecule has 2 fully saturated rings. The number of esters is 1. The first-order valence-corrected chi connectivity index (χ1v) is 5.36. The third kappa shape index (κ3) is 2.25. The van der Waals surface area contributed by atoms with Crippen molar-refractivity contribution >= 4 is 5.97 Å². The Hall–Kier alpha value is -0.610.